The molecule has 9 heteroatoms. The monoisotopic (exact) mass is 334 g/mol. The molecule has 3 aliphatic rings. The summed E-state index contributed by atoms with van der Waals surface area (Å²) in [6.45, 7) is 4.54. The molecule has 2 amide bonds. The number of benzene rings is 1. The number of carbonyl (C=O) groups excluding carboxylic acids is 1. The minimum Gasteiger partial charge on any atom is -0.343 e. The fraction of sp³-hybridized carbons (Fsp3) is 0.533. The molecule has 24 heavy (non-hydrogen) atoms. The van der Waals surface area contributed by atoms with Gasteiger partial charge in [0.2, 0.25) is 0 Å². The van der Waals surface area contributed by atoms with E-state index in [2.05, 4.69) is 0 Å². The Hall–Kier alpha value is -2.39. The van der Waals surface area contributed by atoms with Crippen LogP contribution in [0.1, 0.15) is 13.8 Å². The first-order chi connectivity index (χ1) is 11.3. The highest BCUT2D eigenvalue weighted by Crippen LogP contribution is 2.42. The first-order valence-corrected chi connectivity index (χ1v) is 7.73. The number of amides is 2. The Morgan fingerprint density at radius 2 is 1.79 bits per heavy atom. The van der Waals surface area contributed by atoms with Crippen LogP contribution in [0.15, 0.2) is 18.2 Å². The molecule has 4 rings (SSSR count). The van der Waals surface area contributed by atoms with Crippen molar-refractivity contribution in [1.82, 2.24) is 5.01 Å². The molecule has 0 N–H and O–H groups in total. The van der Waals surface area contributed by atoms with E-state index >= 15 is 0 Å². The van der Waals surface area contributed by atoms with Gasteiger partial charge in [-0.25, -0.2) is 9.80 Å². The Labute approximate surface area is 138 Å². The number of non-ortho nitro benzene ring substituents is 1. The van der Waals surface area contributed by atoms with Crippen LogP contribution in [0.5, 0.6) is 0 Å². The molecular formula is C15H18N4O5. The van der Waals surface area contributed by atoms with Crippen LogP contribution in [0.4, 0.5) is 21.9 Å². The Balaban J connectivity index is 1.74. The molecule has 2 unspecified atom stereocenters. The van der Waals surface area contributed by atoms with Gasteiger partial charge in [0.15, 0.2) is 5.79 Å². The van der Waals surface area contributed by atoms with Gasteiger partial charge in [-0.1, -0.05) is 0 Å². The van der Waals surface area contributed by atoms with Crippen LogP contribution < -0.4 is 9.91 Å². The van der Waals surface area contributed by atoms with E-state index in [0.717, 1.165) is 5.69 Å². The lowest BCUT2D eigenvalue weighted by Gasteiger charge is -2.48. The number of nitro benzene ring substituents is 1. The van der Waals surface area contributed by atoms with Crippen molar-refractivity contribution in [1.29, 1.82) is 0 Å². The lowest BCUT2D eigenvalue weighted by atomic mass is 10.1. The largest absolute Gasteiger partial charge is 0.343 e. The van der Waals surface area contributed by atoms with Gasteiger partial charge >= 0.3 is 6.03 Å². The fourth-order valence-corrected chi connectivity index (χ4v) is 3.55. The van der Waals surface area contributed by atoms with Gasteiger partial charge < -0.3 is 9.47 Å². The second kappa shape index (κ2) is 4.81. The number of nitro groups is 1. The molecule has 2 atom stereocenters. The van der Waals surface area contributed by atoms with E-state index in [1.165, 1.54) is 17.0 Å². The smallest absolute Gasteiger partial charge is 0.343 e. The van der Waals surface area contributed by atoms with Crippen LogP contribution >= 0.6 is 0 Å². The van der Waals surface area contributed by atoms with Crippen LogP contribution in [0.25, 0.3) is 0 Å². The maximum atomic E-state index is 12.7. The summed E-state index contributed by atoms with van der Waals surface area (Å²) in [6, 6.07) is 4.30. The van der Waals surface area contributed by atoms with Crippen molar-refractivity contribution in [2.24, 2.45) is 0 Å². The van der Waals surface area contributed by atoms with E-state index < -0.39 is 10.7 Å². The van der Waals surface area contributed by atoms with E-state index in [9.17, 15) is 14.9 Å². The molecule has 0 aromatic heterocycles. The average molecular weight is 334 g/mol. The summed E-state index contributed by atoms with van der Waals surface area (Å²) in [4.78, 5) is 24.7. The van der Waals surface area contributed by atoms with Gasteiger partial charge in [0.05, 0.1) is 29.4 Å². The number of carbonyl (C=O) groups is 1. The van der Waals surface area contributed by atoms with Crippen molar-refractivity contribution in [2.75, 3.05) is 30.0 Å². The molecular weight excluding hydrogens is 316 g/mol. The van der Waals surface area contributed by atoms with Crippen molar-refractivity contribution in [2.45, 2.75) is 31.8 Å². The van der Waals surface area contributed by atoms with Gasteiger partial charge in [0, 0.05) is 19.2 Å². The molecule has 0 spiro atoms. The third-order valence-corrected chi connectivity index (χ3v) is 4.60. The Morgan fingerprint density at radius 1 is 1.17 bits per heavy atom. The zero-order valence-corrected chi connectivity index (χ0v) is 13.6. The molecule has 1 aromatic rings. The number of rotatable bonds is 1. The molecule has 3 heterocycles. The maximum absolute atomic E-state index is 12.7. The number of hydrazine groups is 1. The number of nitrogens with zero attached hydrogens (tertiary/aromatic N) is 4. The molecule has 1 aromatic carbocycles. The topological polar surface area (TPSA) is 88.4 Å². The SMILES string of the molecule is CN1C(=O)N2CC3OC(C)(C)OC3CN2c2ccc([N+](=O)[O-])cc21. The van der Waals surface area contributed by atoms with Gasteiger partial charge in [-0.15, -0.1) is 0 Å². The Bertz CT molecular complexity index is 737. The van der Waals surface area contributed by atoms with Crippen molar-refractivity contribution in [3.63, 3.8) is 0 Å². The molecule has 0 radical (unpaired) electrons. The van der Waals surface area contributed by atoms with Crippen LogP contribution in [0.2, 0.25) is 0 Å². The van der Waals surface area contributed by atoms with E-state index in [-0.39, 0.29) is 23.9 Å². The quantitative estimate of drug-likeness (QED) is 0.574. The van der Waals surface area contributed by atoms with Crippen LogP contribution in [-0.4, -0.2) is 54.1 Å². The number of hydrogen-bond acceptors (Lipinski definition) is 6. The third-order valence-electron chi connectivity index (χ3n) is 4.60. The van der Waals surface area contributed by atoms with E-state index in [1.54, 1.807) is 18.1 Å². The zero-order chi connectivity index (χ0) is 17.2. The summed E-state index contributed by atoms with van der Waals surface area (Å²) in [5, 5.41) is 14.5. The molecule has 128 valence electrons. The first kappa shape index (κ1) is 15.2. The predicted molar refractivity (Wildman–Crippen MR) is 84.8 cm³/mol. The van der Waals surface area contributed by atoms with E-state index in [0.29, 0.717) is 18.8 Å². The van der Waals surface area contributed by atoms with Gasteiger partial charge in [-0.2, -0.15) is 0 Å². The molecule has 0 bridgehead atoms. The van der Waals surface area contributed by atoms with E-state index in [4.69, 9.17) is 9.47 Å². The van der Waals surface area contributed by atoms with Crippen molar-refractivity contribution in [3.8, 4) is 0 Å². The molecule has 0 saturated carbocycles. The Morgan fingerprint density at radius 3 is 2.42 bits per heavy atom. The summed E-state index contributed by atoms with van der Waals surface area (Å²) in [5.74, 6) is -0.682. The molecule has 0 aliphatic carbocycles. The number of ether oxygens (including phenoxy) is 2. The van der Waals surface area contributed by atoms with Crippen LogP contribution in [-0.2, 0) is 9.47 Å². The standard InChI is InChI=1S/C15H18N4O5/c1-15(2)23-12-7-17-10-5-4-9(19(21)22)6-11(10)16(3)14(20)18(17)8-13(12)24-15/h4-6,12-13H,7-8H2,1-3H3. The van der Waals surface area contributed by atoms with Gasteiger partial charge in [0.25, 0.3) is 5.69 Å². The third kappa shape index (κ3) is 2.12. The summed E-state index contributed by atoms with van der Waals surface area (Å²) in [5.41, 5.74) is 1.22. The second-order valence-electron chi connectivity index (χ2n) is 6.65. The van der Waals surface area contributed by atoms with Crippen LogP contribution in [0, 0.1) is 10.1 Å². The summed E-state index contributed by atoms with van der Waals surface area (Å²) >= 11 is 0. The van der Waals surface area contributed by atoms with E-state index in [1.807, 2.05) is 18.9 Å². The van der Waals surface area contributed by atoms with Gasteiger partial charge in [-0.05, 0) is 19.9 Å². The number of hydrogen-bond donors (Lipinski definition) is 0. The lowest BCUT2D eigenvalue weighted by Crippen LogP contribution is -2.64. The zero-order valence-electron chi connectivity index (χ0n) is 13.6. The molecule has 2 saturated heterocycles. The predicted octanol–water partition coefficient (Wildman–Crippen LogP) is 1.72. The van der Waals surface area contributed by atoms with Crippen molar-refractivity contribution < 1.29 is 19.2 Å². The average Bonchev–Trinajstić information content (AvgIpc) is 2.83. The molecule has 9 nitrogen and oxygen atoms in total. The second-order valence-corrected chi connectivity index (χ2v) is 6.65. The highest BCUT2D eigenvalue weighted by molar-refractivity contribution is 6.00. The summed E-state index contributed by atoms with van der Waals surface area (Å²) in [6.07, 6.45) is -0.344. The normalized spacial score (nSPS) is 27.6. The molecule has 2 fully saturated rings. The minimum atomic E-state index is -0.682. The Kier molecular flexibility index (Phi) is 3.03. The minimum absolute atomic E-state index is 0.0432. The summed E-state index contributed by atoms with van der Waals surface area (Å²) < 4.78 is 11.8. The number of anilines is 2. The van der Waals surface area contributed by atoms with Gasteiger partial charge in [-0.3, -0.25) is 20.0 Å². The lowest BCUT2D eigenvalue weighted by molar-refractivity contribution is -0.384. The number of urea groups is 1. The first-order valence-electron chi connectivity index (χ1n) is 7.73. The molecule has 3 aliphatic heterocycles. The van der Waals surface area contributed by atoms with Crippen molar-refractivity contribution >= 4 is 23.1 Å². The van der Waals surface area contributed by atoms with Gasteiger partial charge in [0.1, 0.15) is 12.2 Å². The maximum Gasteiger partial charge on any atom is 0.343 e. The highest BCUT2D eigenvalue weighted by atomic mass is 16.8. The fourth-order valence-electron chi connectivity index (χ4n) is 3.55. The van der Waals surface area contributed by atoms with Crippen molar-refractivity contribution in [3.05, 3.63) is 28.3 Å². The van der Waals surface area contributed by atoms with Crippen LogP contribution in [0.3, 0.4) is 0 Å². The summed E-state index contributed by atoms with van der Waals surface area (Å²) in [7, 11) is 1.62. The highest BCUT2D eigenvalue weighted by Gasteiger charge is 2.50. The number of fused-ring (bicyclic) bond motifs is 4.